The van der Waals surface area contributed by atoms with Crippen molar-refractivity contribution in [2.45, 2.75) is 105 Å². The predicted molar refractivity (Wildman–Crippen MR) is 132 cm³/mol. The zero-order valence-corrected chi connectivity index (χ0v) is 22.1. The highest BCUT2D eigenvalue weighted by atomic mass is 16.6. The number of nitrogens with zero attached hydrogens (tertiary/aromatic N) is 1. The summed E-state index contributed by atoms with van der Waals surface area (Å²) in [6.07, 6.45) is 0.827. The molecule has 33 heavy (non-hydrogen) atoms. The van der Waals surface area contributed by atoms with E-state index in [1.807, 2.05) is 65.8 Å². The first-order valence-corrected chi connectivity index (χ1v) is 11.7. The first-order valence-electron chi connectivity index (χ1n) is 11.7. The summed E-state index contributed by atoms with van der Waals surface area (Å²) < 4.78 is 5.26. The second-order valence-electron chi connectivity index (χ2n) is 11.0. The van der Waals surface area contributed by atoms with Crippen LogP contribution in [0.15, 0.2) is 24.3 Å². The van der Waals surface area contributed by atoms with Gasteiger partial charge >= 0.3 is 6.09 Å². The van der Waals surface area contributed by atoms with Gasteiger partial charge in [0.15, 0.2) is 0 Å². The summed E-state index contributed by atoms with van der Waals surface area (Å²) in [6, 6.07) is 6.91. The van der Waals surface area contributed by atoms with E-state index in [4.69, 9.17) is 4.74 Å². The summed E-state index contributed by atoms with van der Waals surface area (Å²) in [6.45, 7) is 18.6. The molecule has 0 aliphatic carbocycles. The molecular weight excluding hydrogens is 418 g/mol. The van der Waals surface area contributed by atoms with Gasteiger partial charge in [0, 0.05) is 11.1 Å². The average molecular weight is 462 g/mol. The number of aryl methyl sites for hydroxylation is 1. The van der Waals surface area contributed by atoms with E-state index in [0.29, 0.717) is 6.42 Å². The Hall–Kier alpha value is -2.57. The van der Waals surface area contributed by atoms with Crippen molar-refractivity contribution < 1.29 is 19.1 Å². The largest absolute Gasteiger partial charge is 0.444 e. The van der Waals surface area contributed by atoms with Crippen LogP contribution in [0.3, 0.4) is 0 Å². The Labute approximate surface area is 199 Å². The summed E-state index contributed by atoms with van der Waals surface area (Å²) in [5.41, 5.74) is 0.0780. The minimum absolute atomic E-state index is 0.265. The van der Waals surface area contributed by atoms with Gasteiger partial charge in [-0.15, -0.1) is 0 Å². The Balaban J connectivity index is 3.39. The van der Waals surface area contributed by atoms with Gasteiger partial charge < -0.3 is 20.3 Å². The highest BCUT2D eigenvalue weighted by Crippen LogP contribution is 2.32. The van der Waals surface area contributed by atoms with Crippen LogP contribution in [0.5, 0.6) is 0 Å². The summed E-state index contributed by atoms with van der Waals surface area (Å²) in [5.74, 6) is -0.625. The summed E-state index contributed by atoms with van der Waals surface area (Å²) in [7, 11) is 0. The van der Waals surface area contributed by atoms with Crippen LogP contribution >= 0.6 is 0 Å². The molecule has 1 aromatic rings. The second kappa shape index (κ2) is 11.0. The van der Waals surface area contributed by atoms with E-state index in [2.05, 4.69) is 17.6 Å². The number of alkyl carbamates (subject to hydrolysis) is 1. The van der Waals surface area contributed by atoms with E-state index in [9.17, 15) is 14.4 Å². The molecule has 1 rings (SSSR count). The Morgan fingerprint density at radius 2 is 1.48 bits per heavy atom. The lowest BCUT2D eigenvalue weighted by Crippen LogP contribution is -2.57. The van der Waals surface area contributed by atoms with E-state index < -0.39 is 28.8 Å². The van der Waals surface area contributed by atoms with Gasteiger partial charge in [0.2, 0.25) is 11.8 Å². The average Bonchev–Trinajstić information content (AvgIpc) is 2.67. The predicted octanol–water partition coefficient (Wildman–Crippen LogP) is 4.75. The zero-order chi connectivity index (χ0) is 25.6. The third-order valence-electron chi connectivity index (χ3n) is 5.28. The molecule has 186 valence electrons. The summed E-state index contributed by atoms with van der Waals surface area (Å²) >= 11 is 0. The molecule has 0 aliphatic rings. The molecule has 7 nitrogen and oxygen atoms in total. The third kappa shape index (κ3) is 9.06. The normalized spacial score (nSPS) is 13.2. The van der Waals surface area contributed by atoms with E-state index in [1.54, 1.807) is 25.7 Å². The number of carbonyl (C=O) groups is 3. The van der Waals surface area contributed by atoms with Gasteiger partial charge in [-0.05, 0) is 79.4 Å². The van der Waals surface area contributed by atoms with Crippen LogP contribution in [0.2, 0.25) is 0 Å². The van der Waals surface area contributed by atoms with Crippen molar-refractivity contribution in [2.75, 3.05) is 6.54 Å². The van der Waals surface area contributed by atoms with Crippen molar-refractivity contribution in [1.29, 1.82) is 0 Å². The highest BCUT2D eigenvalue weighted by molar-refractivity contribution is 5.91. The molecule has 1 unspecified atom stereocenters. The number of carbonyl (C=O) groups excluding carboxylic acids is 3. The van der Waals surface area contributed by atoms with Crippen molar-refractivity contribution >= 4 is 17.9 Å². The monoisotopic (exact) mass is 461 g/mol. The number of benzene rings is 1. The lowest BCUT2D eigenvalue weighted by atomic mass is 9.92. The van der Waals surface area contributed by atoms with Crippen LogP contribution < -0.4 is 10.6 Å². The van der Waals surface area contributed by atoms with Crippen molar-refractivity contribution in [3.8, 4) is 0 Å². The first-order chi connectivity index (χ1) is 15.0. The number of amides is 3. The van der Waals surface area contributed by atoms with Crippen molar-refractivity contribution in [2.24, 2.45) is 0 Å². The quantitative estimate of drug-likeness (QED) is 0.585. The first kappa shape index (κ1) is 28.5. The standard InChI is InChI=1S/C26H43N3O4/c1-11-18-13-15-19(16-14-18)21(22(31)28-24(3,4)5)29(26(9,10)12-2)20(30)17-27-23(32)33-25(6,7)8/h13-16,21H,11-12,17H2,1-10H3,(H,27,32)(H,28,31). The van der Waals surface area contributed by atoms with Crippen molar-refractivity contribution in [3.05, 3.63) is 35.4 Å². The van der Waals surface area contributed by atoms with Gasteiger partial charge in [0.25, 0.3) is 0 Å². The highest BCUT2D eigenvalue weighted by Gasteiger charge is 2.40. The van der Waals surface area contributed by atoms with Crippen LogP contribution in [0.4, 0.5) is 4.79 Å². The van der Waals surface area contributed by atoms with E-state index >= 15 is 0 Å². The van der Waals surface area contributed by atoms with Crippen molar-refractivity contribution in [3.63, 3.8) is 0 Å². The number of hydrogen-bond donors (Lipinski definition) is 2. The van der Waals surface area contributed by atoms with Crippen molar-refractivity contribution in [1.82, 2.24) is 15.5 Å². The van der Waals surface area contributed by atoms with Gasteiger partial charge in [-0.3, -0.25) is 9.59 Å². The zero-order valence-electron chi connectivity index (χ0n) is 22.1. The van der Waals surface area contributed by atoms with Crippen LogP contribution in [0, 0.1) is 0 Å². The number of rotatable bonds is 8. The minimum Gasteiger partial charge on any atom is -0.444 e. The van der Waals surface area contributed by atoms with E-state index in [0.717, 1.165) is 17.5 Å². The van der Waals surface area contributed by atoms with Crippen LogP contribution in [0.1, 0.15) is 92.8 Å². The molecule has 0 fully saturated rings. The fraction of sp³-hybridized carbons (Fsp3) is 0.654. The van der Waals surface area contributed by atoms with Gasteiger partial charge in [0.1, 0.15) is 18.2 Å². The number of ether oxygens (including phenoxy) is 1. The third-order valence-corrected chi connectivity index (χ3v) is 5.28. The van der Waals surface area contributed by atoms with Gasteiger partial charge in [0.05, 0.1) is 0 Å². The summed E-state index contributed by atoms with van der Waals surface area (Å²) in [5, 5.41) is 5.57. The maximum atomic E-state index is 13.5. The molecular formula is C26H43N3O4. The van der Waals surface area contributed by atoms with Gasteiger partial charge in [-0.1, -0.05) is 38.1 Å². The Kier molecular flexibility index (Phi) is 9.52. The van der Waals surface area contributed by atoms with Crippen LogP contribution in [-0.2, 0) is 20.7 Å². The molecule has 0 spiro atoms. The molecule has 0 saturated heterocycles. The lowest BCUT2D eigenvalue weighted by Gasteiger charge is -2.43. The molecule has 3 amide bonds. The Morgan fingerprint density at radius 3 is 1.91 bits per heavy atom. The SMILES string of the molecule is CCc1ccc(C(C(=O)NC(C)(C)C)N(C(=O)CNC(=O)OC(C)(C)C)C(C)(C)CC)cc1. The maximum Gasteiger partial charge on any atom is 0.408 e. The van der Waals surface area contributed by atoms with Gasteiger partial charge in [-0.2, -0.15) is 0 Å². The van der Waals surface area contributed by atoms with Crippen LogP contribution in [0.25, 0.3) is 0 Å². The molecule has 2 N–H and O–H groups in total. The molecule has 0 aliphatic heterocycles. The van der Waals surface area contributed by atoms with E-state index in [-0.39, 0.29) is 18.4 Å². The second-order valence-corrected chi connectivity index (χ2v) is 11.0. The molecule has 0 radical (unpaired) electrons. The molecule has 0 saturated carbocycles. The minimum atomic E-state index is -0.849. The Bertz CT molecular complexity index is 817. The lowest BCUT2D eigenvalue weighted by molar-refractivity contribution is -0.147. The molecule has 1 aromatic carbocycles. The number of nitrogens with one attached hydrogen (secondary N) is 2. The Morgan fingerprint density at radius 1 is 0.939 bits per heavy atom. The van der Waals surface area contributed by atoms with Crippen LogP contribution in [-0.4, -0.2) is 46.0 Å². The molecule has 0 aromatic heterocycles. The molecule has 0 bridgehead atoms. The molecule has 7 heteroatoms. The summed E-state index contributed by atoms with van der Waals surface area (Å²) in [4.78, 5) is 40.8. The van der Waals surface area contributed by atoms with E-state index in [1.165, 1.54) is 0 Å². The van der Waals surface area contributed by atoms with Gasteiger partial charge in [-0.25, -0.2) is 4.79 Å². The topological polar surface area (TPSA) is 87.7 Å². The molecule has 0 heterocycles. The maximum absolute atomic E-state index is 13.5. The molecule has 1 atom stereocenters. The smallest absolute Gasteiger partial charge is 0.408 e. The number of hydrogen-bond acceptors (Lipinski definition) is 4. The fourth-order valence-corrected chi connectivity index (χ4v) is 3.34. The fourth-order valence-electron chi connectivity index (χ4n) is 3.34.